The number of nitrogens with zero attached hydrogens (tertiary/aromatic N) is 1. The predicted octanol–water partition coefficient (Wildman–Crippen LogP) is 2.83. The van der Waals surface area contributed by atoms with Gasteiger partial charge in [0.15, 0.2) is 5.17 Å². The molecule has 6 heteroatoms. The molecule has 0 spiro atoms. The fraction of sp³-hybridized carbons (Fsp3) is 0. The molecule has 0 aromatic carbocycles. The Bertz CT molecular complexity index is 320. The number of fused-ring (bicyclic) bond motifs is 1. The first-order valence-corrected chi connectivity index (χ1v) is 5.52. The van der Waals surface area contributed by atoms with Crippen molar-refractivity contribution in [3.63, 3.8) is 0 Å². The monoisotopic (exact) mass is 222 g/mol. The number of amidine groups is 1. The van der Waals surface area contributed by atoms with Crippen molar-refractivity contribution in [2.45, 2.75) is 9.10 Å². The lowest BCUT2D eigenvalue weighted by atomic mass is 10.7. The third-order valence-electron chi connectivity index (χ3n) is 1.07. The lowest BCUT2D eigenvalue weighted by Gasteiger charge is -2.04. The normalized spacial score (nSPS) is 15.9. The van der Waals surface area contributed by atoms with Crippen LogP contribution in [-0.4, -0.2) is 5.17 Å². The zero-order valence-corrected chi connectivity index (χ0v) is 8.41. The Morgan fingerprint density at radius 1 is 1.55 bits per heavy atom. The van der Waals surface area contributed by atoms with E-state index in [2.05, 4.69) is 4.40 Å². The third kappa shape index (κ3) is 1.51. The molecule has 1 aliphatic rings. The first-order chi connectivity index (χ1) is 5.25. The Balaban J connectivity index is 2.40. The quantitative estimate of drug-likeness (QED) is 0.686. The second-order valence-corrected chi connectivity index (χ2v) is 5.60. The van der Waals surface area contributed by atoms with Gasteiger partial charge in [-0.25, -0.2) is 0 Å². The Morgan fingerprint density at radius 3 is 3.18 bits per heavy atom. The van der Waals surface area contributed by atoms with Gasteiger partial charge in [0, 0.05) is 11.9 Å². The van der Waals surface area contributed by atoms with E-state index in [0.29, 0.717) is 5.17 Å². The van der Waals surface area contributed by atoms with Crippen LogP contribution in [-0.2, 0) is 0 Å². The minimum Gasteiger partial charge on any atom is -0.377 e. The van der Waals surface area contributed by atoms with Crippen LogP contribution >= 0.6 is 46.6 Å². The first-order valence-electron chi connectivity index (χ1n) is 2.73. The lowest BCUT2D eigenvalue weighted by molar-refractivity contribution is 1.39. The summed E-state index contributed by atoms with van der Waals surface area (Å²) >= 11 is 10.2. The largest absolute Gasteiger partial charge is 0.377 e. The molecule has 11 heavy (non-hydrogen) atoms. The van der Waals surface area contributed by atoms with Gasteiger partial charge in [-0.15, -0.1) is 11.3 Å². The third-order valence-corrected chi connectivity index (χ3v) is 4.51. The summed E-state index contributed by atoms with van der Waals surface area (Å²) in [5.41, 5.74) is 5.51. The maximum atomic E-state index is 5.80. The van der Waals surface area contributed by atoms with Gasteiger partial charge in [-0.1, -0.05) is 11.6 Å². The Kier molecular flexibility index (Phi) is 2.05. The van der Waals surface area contributed by atoms with Crippen molar-refractivity contribution in [3.05, 3.63) is 10.4 Å². The highest BCUT2D eigenvalue weighted by molar-refractivity contribution is 8.17. The van der Waals surface area contributed by atoms with Gasteiger partial charge in [0.2, 0.25) is 0 Å². The summed E-state index contributed by atoms with van der Waals surface area (Å²) in [6.45, 7) is 0. The number of rotatable bonds is 0. The lowest BCUT2D eigenvalue weighted by Crippen LogP contribution is -2.06. The minimum atomic E-state index is 0.598. The average molecular weight is 223 g/mol. The molecule has 2 nitrogen and oxygen atoms in total. The molecule has 0 aliphatic carbocycles. The maximum Gasteiger partial charge on any atom is 0.172 e. The molecule has 0 saturated heterocycles. The summed E-state index contributed by atoms with van der Waals surface area (Å²) in [5.74, 6) is 0. The number of hydrogen-bond acceptors (Lipinski definition) is 5. The number of thiophene rings is 1. The second kappa shape index (κ2) is 2.90. The average Bonchev–Trinajstić information content (AvgIpc) is 2.27. The molecule has 1 aromatic heterocycles. The van der Waals surface area contributed by atoms with Crippen molar-refractivity contribution >= 4 is 51.8 Å². The van der Waals surface area contributed by atoms with E-state index in [4.69, 9.17) is 17.3 Å². The number of halogens is 1. The van der Waals surface area contributed by atoms with Crippen LogP contribution in [0.2, 0.25) is 4.34 Å². The van der Waals surface area contributed by atoms with Crippen LogP contribution in [0.5, 0.6) is 0 Å². The first kappa shape index (κ1) is 7.79. The van der Waals surface area contributed by atoms with Gasteiger partial charge in [-0.05, 0) is 17.8 Å². The van der Waals surface area contributed by atoms with Crippen molar-refractivity contribution in [2.24, 2.45) is 10.1 Å². The van der Waals surface area contributed by atoms with Crippen LogP contribution in [0.4, 0.5) is 0 Å². The van der Waals surface area contributed by atoms with Gasteiger partial charge in [-0.2, -0.15) is 4.40 Å². The fourth-order valence-electron chi connectivity index (χ4n) is 0.673. The Hall–Kier alpha value is 0.160. The van der Waals surface area contributed by atoms with E-state index >= 15 is 0 Å². The van der Waals surface area contributed by atoms with Crippen molar-refractivity contribution in [3.8, 4) is 0 Å². The SMILES string of the molecule is NC1=NSc2cc(Cl)sc2S1. The molecule has 0 unspecified atom stereocenters. The summed E-state index contributed by atoms with van der Waals surface area (Å²) in [5, 5.41) is 0.598. The zero-order valence-electron chi connectivity index (χ0n) is 5.20. The maximum absolute atomic E-state index is 5.80. The van der Waals surface area contributed by atoms with Gasteiger partial charge >= 0.3 is 0 Å². The molecule has 2 heterocycles. The van der Waals surface area contributed by atoms with Crippen molar-refractivity contribution in [1.29, 1.82) is 0 Å². The van der Waals surface area contributed by atoms with Gasteiger partial charge in [0.05, 0.1) is 13.4 Å². The minimum absolute atomic E-state index is 0.598. The molecule has 58 valence electrons. The van der Waals surface area contributed by atoms with Gasteiger partial charge in [0.25, 0.3) is 0 Å². The van der Waals surface area contributed by atoms with Crippen molar-refractivity contribution in [1.82, 2.24) is 0 Å². The highest BCUT2D eigenvalue weighted by atomic mass is 35.5. The molecule has 1 aromatic rings. The Morgan fingerprint density at radius 2 is 2.36 bits per heavy atom. The van der Waals surface area contributed by atoms with E-state index in [-0.39, 0.29) is 0 Å². The summed E-state index contributed by atoms with van der Waals surface area (Å²) in [7, 11) is 0. The molecule has 0 fully saturated rings. The molecule has 0 amide bonds. The number of nitrogens with two attached hydrogens (primary N) is 1. The second-order valence-electron chi connectivity index (χ2n) is 1.83. The van der Waals surface area contributed by atoms with Crippen LogP contribution in [0.1, 0.15) is 0 Å². The van der Waals surface area contributed by atoms with E-state index < -0.39 is 0 Å². The van der Waals surface area contributed by atoms with Crippen molar-refractivity contribution < 1.29 is 0 Å². The number of thioether (sulfide) groups is 1. The summed E-state index contributed by atoms with van der Waals surface area (Å²) in [6, 6.07) is 1.91. The molecular weight excluding hydrogens is 220 g/mol. The van der Waals surface area contributed by atoms with Gasteiger partial charge < -0.3 is 5.73 Å². The van der Waals surface area contributed by atoms with Crippen LogP contribution in [0.25, 0.3) is 0 Å². The van der Waals surface area contributed by atoms with Crippen LogP contribution in [0, 0.1) is 0 Å². The standard InChI is InChI=1S/C5H3ClN2S3/c6-3-1-2-4(9-3)10-5(7)8-11-2/h1H,(H2,7,8). The van der Waals surface area contributed by atoms with E-state index in [9.17, 15) is 0 Å². The molecule has 1 aliphatic heterocycles. The molecular formula is C5H3ClN2S3. The van der Waals surface area contributed by atoms with Gasteiger partial charge in [-0.3, -0.25) is 0 Å². The molecule has 2 rings (SSSR count). The molecule has 0 radical (unpaired) electrons. The highest BCUT2D eigenvalue weighted by Gasteiger charge is 2.15. The van der Waals surface area contributed by atoms with Crippen molar-refractivity contribution in [2.75, 3.05) is 0 Å². The van der Waals surface area contributed by atoms with Crippen LogP contribution in [0.3, 0.4) is 0 Å². The van der Waals surface area contributed by atoms with E-state index in [0.717, 1.165) is 13.4 Å². The van der Waals surface area contributed by atoms with E-state index in [1.807, 2.05) is 6.07 Å². The topological polar surface area (TPSA) is 38.4 Å². The van der Waals surface area contributed by atoms with Crippen LogP contribution in [0.15, 0.2) is 19.6 Å². The smallest absolute Gasteiger partial charge is 0.172 e. The number of hydrogen-bond donors (Lipinski definition) is 1. The molecule has 0 saturated carbocycles. The Labute approximate surface area is 81.4 Å². The molecule has 0 bridgehead atoms. The summed E-state index contributed by atoms with van der Waals surface area (Å²) in [6.07, 6.45) is 0. The van der Waals surface area contributed by atoms with Crippen LogP contribution < -0.4 is 5.73 Å². The fourth-order valence-corrected chi connectivity index (χ4v) is 4.01. The molecule has 0 atom stereocenters. The molecule has 2 N–H and O–H groups in total. The zero-order chi connectivity index (χ0) is 7.84. The summed E-state index contributed by atoms with van der Waals surface area (Å²) < 4.78 is 5.94. The van der Waals surface area contributed by atoms with Gasteiger partial charge in [0.1, 0.15) is 0 Å². The highest BCUT2D eigenvalue weighted by Crippen LogP contribution is 2.44. The van der Waals surface area contributed by atoms with E-state index in [1.165, 1.54) is 23.7 Å². The summed E-state index contributed by atoms with van der Waals surface area (Å²) in [4.78, 5) is 1.11. The predicted molar refractivity (Wildman–Crippen MR) is 52.7 cm³/mol. The van der Waals surface area contributed by atoms with E-state index in [1.54, 1.807) is 11.3 Å².